The summed E-state index contributed by atoms with van der Waals surface area (Å²) in [4.78, 5) is -0.634. The van der Waals surface area contributed by atoms with E-state index in [4.69, 9.17) is 16.7 Å². The van der Waals surface area contributed by atoms with Crippen LogP contribution in [0.15, 0.2) is 59.6 Å². The number of hydrogen-bond acceptors (Lipinski definition) is 3. The Balaban J connectivity index is 2.25. The molecule has 3 rings (SSSR count). The van der Waals surface area contributed by atoms with Gasteiger partial charge >= 0.3 is 18.0 Å². The molecule has 0 aliphatic carbocycles. The average Bonchev–Trinajstić information content (AvgIpc) is 3.17. The Labute approximate surface area is 181 Å². The van der Waals surface area contributed by atoms with Crippen molar-refractivity contribution in [1.29, 1.82) is 0 Å². The SMILES string of the molecule is NS(=O)(=O)c1cccc(-c2ccc(Cl)cc2)c1-n1ccc(C(F)(F)C(F)(F)C(F)(F)F)n1. The summed E-state index contributed by atoms with van der Waals surface area (Å²) in [6.07, 6.45) is -5.94. The Morgan fingerprint density at radius 3 is 2.03 bits per heavy atom. The van der Waals surface area contributed by atoms with Crippen LogP contribution in [-0.2, 0) is 15.9 Å². The zero-order valence-electron chi connectivity index (χ0n) is 15.4. The van der Waals surface area contributed by atoms with E-state index in [1.165, 1.54) is 36.4 Å². The number of para-hydroxylation sites is 1. The molecule has 32 heavy (non-hydrogen) atoms. The van der Waals surface area contributed by atoms with Crippen molar-refractivity contribution >= 4 is 21.6 Å². The molecule has 2 N–H and O–H groups in total. The van der Waals surface area contributed by atoms with Gasteiger partial charge in [-0.2, -0.15) is 35.8 Å². The maximum atomic E-state index is 14.1. The monoisotopic (exact) mass is 501 g/mol. The molecule has 1 aromatic heterocycles. The molecular weight excluding hydrogens is 491 g/mol. The number of halogens is 8. The van der Waals surface area contributed by atoms with Gasteiger partial charge in [0.15, 0.2) is 0 Å². The topological polar surface area (TPSA) is 78.0 Å². The lowest BCUT2D eigenvalue weighted by atomic mass is 10.0. The number of sulfonamides is 1. The molecule has 5 nitrogen and oxygen atoms in total. The van der Waals surface area contributed by atoms with Crippen LogP contribution in [0.4, 0.5) is 30.7 Å². The molecule has 0 atom stereocenters. The van der Waals surface area contributed by atoms with E-state index in [9.17, 15) is 39.2 Å². The molecule has 0 radical (unpaired) electrons. The van der Waals surface area contributed by atoms with Crippen molar-refractivity contribution in [2.45, 2.75) is 22.9 Å². The maximum absolute atomic E-state index is 14.1. The summed E-state index contributed by atoms with van der Waals surface area (Å²) in [6, 6.07) is 9.56. The molecule has 1 heterocycles. The number of aromatic nitrogens is 2. The van der Waals surface area contributed by atoms with Gasteiger partial charge in [0.1, 0.15) is 10.6 Å². The first-order valence-electron chi connectivity index (χ1n) is 8.38. The quantitative estimate of drug-likeness (QED) is 0.492. The fourth-order valence-corrected chi connectivity index (χ4v) is 3.67. The first-order chi connectivity index (χ1) is 14.6. The number of alkyl halides is 7. The molecule has 0 aliphatic rings. The van der Waals surface area contributed by atoms with Gasteiger partial charge in [0.05, 0.1) is 5.69 Å². The fraction of sp³-hybridized carbons (Fsp3) is 0.167. The molecule has 0 saturated carbocycles. The molecule has 0 amide bonds. The van der Waals surface area contributed by atoms with Gasteiger partial charge in [0, 0.05) is 16.8 Å². The average molecular weight is 502 g/mol. The summed E-state index contributed by atoms with van der Waals surface area (Å²) in [5.74, 6) is -12.2. The molecule has 172 valence electrons. The van der Waals surface area contributed by atoms with Crippen LogP contribution in [0.2, 0.25) is 5.02 Å². The smallest absolute Gasteiger partial charge is 0.238 e. The Kier molecular flexibility index (Phi) is 5.81. The summed E-state index contributed by atoms with van der Waals surface area (Å²) >= 11 is 5.81. The van der Waals surface area contributed by atoms with E-state index in [1.54, 1.807) is 0 Å². The minimum absolute atomic E-state index is 0.0498. The zero-order valence-corrected chi connectivity index (χ0v) is 17.0. The second-order valence-corrected chi connectivity index (χ2v) is 8.46. The Morgan fingerprint density at radius 1 is 0.906 bits per heavy atom. The van der Waals surface area contributed by atoms with Gasteiger partial charge in [0.25, 0.3) is 0 Å². The summed E-state index contributed by atoms with van der Waals surface area (Å²) in [5, 5.41) is 8.64. The van der Waals surface area contributed by atoms with Gasteiger partial charge in [-0.25, -0.2) is 18.2 Å². The van der Waals surface area contributed by atoms with Crippen LogP contribution in [0.25, 0.3) is 16.8 Å². The summed E-state index contributed by atoms with van der Waals surface area (Å²) in [5.41, 5.74) is -2.01. The van der Waals surface area contributed by atoms with Crippen molar-refractivity contribution in [2.75, 3.05) is 0 Å². The van der Waals surface area contributed by atoms with Gasteiger partial charge in [-0.1, -0.05) is 35.9 Å². The van der Waals surface area contributed by atoms with Crippen LogP contribution in [-0.4, -0.2) is 30.3 Å². The molecule has 2 aromatic carbocycles. The Hall–Kier alpha value is -2.64. The van der Waals surface area contributed by atoms with Crippen LogP contribution >= 0.6 is 11.6 Å². The minimum atomic E-state index is -6.56. The number of primary sulfonamides is 1. The van der Waals surface area contributed by atoms with Crippen LogP contribution in [0.5, 0.6) is 0 Å². The third kappa shape index (κ3) is 4.07. The van der Waals surface area contributed by atoms with Crippen molar-refractivity contribution in [1.82, 2.24) is 9.78 Å². The predicted molar refractivity (Wildman–Crippen MR) is 100 cm³/mol. The second-order valence-electron chi connectivity index (χ2n) is 6.50. The fourth-order valence-electron chi connectivity index (χ4n) is 2.81. The Morgan fingerprint density at radius 2 is 1.50 bits per heavy atom. The van der Waals surface area contributed by atoms with E-state index >= 15 is 0 Å². The van der Waals surface area contributed by atoms with Gasteiger partial charge in [-0.3, -0.25) is 0 Å². The van der Waals surface area contributed by atoms with Gasteiger partial charge in [-0.05, 0) is 29.8 Å². The van der Waals surface area contributed by atoms with Crippen LogP contribution in [0, 0.1) is 0 Å². The predicted octanol–water partition coefficient (Wildman–Crippen LogP) is 5.13. The lowest BCUT2D eigenvalue weighted by Crippen LogP contribution is -2.50. The van der Waals surface area contributed by atoms with Crippen molar-refractivity contribution in [3.8, 4) is 16.8 Å². The number of benzene rings is 2. The maximum Gasteiger partial charge on any atom is 0.460 e. The number of hydrogen-bond donors (Lipinski definition) is 1. The molecule has 14 heteroatoms. The molecule has 0 spiro atoms. The zero-order chi connectivity index (χ0) is 24.1. The van der Waals surface area contributed by atoms with E-state index in [1.807, 2.05) is 0 Å². The molecule has 0 bridgehead atoms. The summed E-state index contributed by atoms with van der Waals surface area (Å²) in [7, 11) is -4.50. The highest BCUT2D eigenvalue weighted by Gasteiger charge is 2.74. The molecular formula is C18H11ClF7N3O2S. The summed E-state index contributed by atoms with van der Waals surface area (Å²) in [6.45, 7) is 0. The highest BCUT2D eigenvalue weighted by Crippen LogP contribution is 2.51. The van der Waals surface area contributed by atoms with Crippen LogP contribution < -0.4 is 5.14 Å². The minimum Gasteiger partial charge on any atom is -0.238 e. The normalized spacial score (nSPS) is 13.4. The highest BCUT2D eigenvalue weighted by atomic mass is 35.5. The number of nitrogens with zero attached hydrogens (tertiary/aromatic N) is 2. The highest BCUT2D eigenvalue weighted by molar-refractivity contribution is 7.89. The number of rotatable bonds is 5. The van der Waals surface area contributed by atoms with E-state index in [0.29, 0.717) is 21.5 Å². The first-order valence-corrected chi connectivity index (χ1v) is 10.3. The van der Waals surface area contributed by atoms with Crippen molar-refractivity contribution in [3.63, 3.8) is 0 Å². The number of nitrogens with two attached hydrogens (primary N) is 1. The van der Waals surface area contributed by atoms with Gasteiger partial charge < -0.3 is 0 Å². The van der Waals surface area contributed by atoms with Crippen molar-refractivity contribution in [3.05, 3.63) is 65.4 Å². The summed E-state index contributed by atoms with van der Waals surface area (Å²) < 4.78 is 117. The van der Waals surface area contributed by atoms with Crippen LogP contribution in [0.1, 0.15) is 5.69 Å². The second kappa shape index (κ2) is 7.74. The van der Waals surface area contributed by atoms with Crippen molar-refractivity contribution in [2.24, 2.45) is 5.14 Å². The largest absolute Gasteiger partial charge is 0.460 e. The Bertz CT molecular complexity index is 1260. The first kappa shape index (κ1) is 24.0. The third-order valence-corrected chi connectivity index (χ3v) is 5.55. The molecule has 0 saturated heterocycles. The molecule has 3 aromatic rings. The standard InChI is InChI=1S/C18H11ClF7N3O2S/c19-11-6-4-10(5-7-11)12-2-1-3-13(32(27,30)31)15(12)29-9-8-14(28-29)16(20,21)17(22,23)18(24,25)26/h1-9H,(H2,27,30,31). The molecule has 0 unspecified atom stereocenters. The van der Waals surface area contributed by atoms with Crippen LogP contribution in [0.3, 0.4) is 0 Å². The van der Waals surface area contributed by atoms with Gasteiger partial charge in [-0.15, -0.1) is 0 Å². The van der Waals surface area contributed by atoms with Crippen molar-refractivity contribution < 1.29 is 39.2 Å². The molecule has 0 fully saturated rings. The lowest BCUT2D eigenvalue weighted by Gasteiger charge is -2.26. The third-order valence-electron chi connectivity index (χ3n) is 4.35. The van der Waals surface area contributed by atoms with E-state index in [-0.39, 0.29) is 11.6 Å². The van der Waals surface area contributed by atoms with Gasteiger partial charge in [0.2, 0.25) is 10.0 Å². The van der Waals surface area contributed by atoms with E-state index in [0.717, 1.165) is 6.07 Å². The van der Waals surface area contributed by atoms with E-state index < -0.39 is 44.3 Å². The van der Waals surface area contributed by atoms with E-state index in [2.05, 4.69) is 5.10 Å². The lowest BCUT2D eigenvalue weighted by molar-refractivity contribution is -0.360. The molecule has 0 aliphatic heterocycles.